The molecule has 12 heavy (non-hydrogen) atoms. The maximum absolute atomic E-state index is 10.8. The van der Waals surface area contributed by atoms with Crippen molar-refractivity contribution in [3.63, 3.8) is 0 Å². The Morgan fingerprint density at radius 2 is 2.00 bits per heavy atom. The van der Waals surface area contributed by atoms with Crippen molar-refractivity contribution in [2.75, 3.05) is 7.11 Å². The monoisotopic (exact) mass is 165 g/mol. The lowest BCUT2D eigenvalue weighted by Crippen LogP contribution is -2.01. The molecule has 0 bridgehead atoms. The van der Waals surface area contributed by atoms with Gasteiger partial charge < -0.3 is 4.74 Å². The van der Waals surface area contributed by atoms with E-state index < -0.39 is 0 Å². The summed E-state index contributed by atoms with van der Waals surface area (Å²) in [5, 5.41) is 0. The van der Waals surface area contributed by atoms with Gasteiger partial charge in [-0.25, -0.2) is 0 Å². The van der Waals surface area contributed by atoms with Crippen molar-refractivity contribution >= 4 is 5.97 Å². The molecule has 0 saturated heterocycles. The number of hydrogen-bond donors (Lipinski definition) is 0. The van der Waals surface area contributed by atoms with Crippen LogP contribution in [-0.2, 0) is 16.0 Å². The third kappa shape index (κ3) is 2.74. The highest BCUT2D eigenvalue weighted by Crippen LogP contribution is 2.02. The second-order valence-corrected chi connectivity index (χ2v) is 2.56. The van der Waals surface area contributed by atoms with Crippen LogP contribution >= 0.6 is 0 Å². The van der Waals surface area contributed by atoms with Crippen LogP contribution in [-0.4, -0.2) is 13.1 Å². The highest BCUT2D eigenvalue weighted by Gasteiger charge is 1.99. The summed E-state index contributed by atoms with van der Waals surface area (Å²) in [6.45, 7) is 0. The first kappa shape index (κ1) is 8.78. The Bertz CT molecular complexity index is 241. The third-order valence-corrected chi connectivity index (χ3v) is 1.69. The molecular formula is C10H12O2. The lowest BCUT2D eigenvalue weighted by atomic mass is 10.1. The molecule has 0 aliphatic carbocycles. The standard InChI is InChI=1S/C10H12O2/c1-12-10(11)8-7-9-5-3-2-4-6-9/h2-6H,7-8H2,1H3/i10+1. The minimum atomic E-state index is -0.154. The number of methoxy groups -OCH3 is 1. The van der Waals surface area contributed by atoms with Gasteiger partial charge in [-0.1, -0.05) is 30.3 Å². The zero-order valence-corrected chi connectivity index (χ0v) is 7.12. The average molecular weight is 165 g/mol. The first-order chi connectivity index (χ1) is 5.83. The molecule has 0 heterocycles. The number of esters is 1. The van der Waals surface area contributed by atoms with Crippen molar-refractivity contribution in [2.24, 2.45) is 0 Å². The van der Waals surface area contributed by atoms with Crippen LogP contribution in [0.15, 0.2) is 30.3 Å². The smallest absolute Gasteiger partial charge is 0.305 e. The Balaban J connectivity index is 2.38. The molecule has 1 aromatic rings. The number of carbonyl (C=O) groups is 1. The molecule has 64 valence electrons. The number of hydrogen-bond acceptors (Lipinski definition) is 2. The van der Waals surface area contributed by atoms with E-state index in [-0.39, 0.29) is 5.97 Å². The van der Waals surface area contributed by atoms with E-state index >= 15 is 0 Å². The number of carbonyl (C=O) groups excluding carboxylic acids is 1. The average Bonchev–Trinajstić information content (AvgIpc) is 2.16. The lowest BCUT2D eigenvalue weighted by molar-refractivity contribution is -0.140. The van der Waals surface area contributed by atoms with Gasteiger partial charge in [-0.2, -0.15) is 0 Å². The molecule has 0 fully saturated rings. The molecule has 0 N–H and O–H groups in total. The summed E-state index contributed by atoms with van der Waals surface area (Å²) in [6.07, 6.45) is 1.22. The topological polar surface area (TPSA) is 26.3 Å². The van der Waals surface area contributed by atoms with Crippen LogP contribution in [0.2, 0.25) is 0 Å². The zero-order valence-electron chi connectivity index (χ0n) is 7.12. The fourth-order valence-corrected chi connectivity index (χ4v) is 0.993. The van der Waals surface area contributed by atoms with E-state index in [1.807, 2.05) is 30.3 Å². The summed E-state index contributed by atoms with van der Waals surface area (Å²) in [5.41, 5.74) is 1.17. The van der Waals surface area contributed by atoms with E-state index in [0.717, 1.165) is 6.42 Å². The van der Waals surface area contributed by atoms with Gasteiger partial charge in [0.05, 0.1) is 7.11 Å². The van der Waals surface area contributed by atoms with Gasteiger partial charge in [0.25, 0.3) is 0 Å². The number of rotatable bonds is 3. The van der Waals surface area contributed by atoms with Crippen LogP contribution in [0.3, 0.4) is 0 Å². The maximum atomic E-state index is 10.8. The Morgan fingerprint density at radius 1 is 1.33 bits per heavy atom. The number of ether oxygens (including phenoxy) is 1. The Morgan fingerprint density at radius 3 is 2.58 bits per heavy atom. The van der Waals surface area contributed by atoms with E-state index in [1.165, 1.54) is 12.7 Å². The highest BCUT2D eigenvalue weighted by molar-refractivity contribution is 5.69. The molecule has 2 heteroatoms. The summed E-state index contributed by atoms with van der Waals surface area (Å²) in [6, 6.07) is 9.90. The molecule has 0 atom stereocenters. The fraction of sp³-hybridized carbons (Fsp3) is 0.300. The van der Waals surface area contributed by atoms with Gasteiger partial charge in [-0.3, -0.25) is 4.79 Å². The minimum absolute atomic E-state index is 0.154. The molecule has 2 nitrogen and oxygen atoms in total. The fourth-order valence-electron chi connectivity index (χ4n) is 0.993. The normalized spacial score (nSPS) is 9.42. The van der Waals surface area contributed by atoms with Crippen molar-refractivity contribution < 1.29 is 9.53 Å². The SMILES string of the molecule is CO[13C](=O)CCc1ccccc1. The van der Waals surface area contributed by atoms with Crippen molar-refractivity contribution in [3.05, 3.63) is 35.9 Å². The molecule has 0 radical (unpaired) electrons. The Hall–Kier alpha value is -1.31. The quantitative estimate of drug-likeness (QED) is 0.504. The van der Waals surface area contributed by atoms with Gasteiger partial charge >= 0.3 is 5.97 Å². The van der Waals surface area contributed by atoms with Crippen LogP contribution in [0.1, 0.15) is 12.0 Å². The van der Waals surface area contributed by atoms with E-state index in [2.05, 4.69) is 4.74 Å². The first-order valence-corrected chi connectivity index (χ1v) is 3.93. The van der Waals surface area contributed by atoms with Gasteiger partial charge in [-0.15, -0.1) is 0 Å². The van der Waals surface area contributed by atoms with E-state index in [0.29, 0.717) is 6.42 Å². The molecule has 0 aliphatic heterocycles. The molecule has 0 saturated carbocycles. The molecular weight excluding hydrogens is 153 g/mol. The second-order valence-electron chi connectivity index (χ2n) is 2.56. The van der Waals surface area contributed by atoms with Crippen molar-refractivity contribution in [1.29, 1.82) is 0 Å². The Kier molecular flexibility index (Phi) is 3.33. The van der Waals surface area contributed by atoms with Gasteiger partial charge in [0.2, 0.25) is 0 Å². The molecule has 0 aliphatic rings. The van der Waals surface area contributed by atoms with Crippen LogP contribution in [0.4, 0.5) is 0 Å². The van der Waals surface area contributed by atoms with Crippen LogP contribution in [0, 0.1) is 0 Å². The van der Waals surface area contributed by atoms with Crippen molar-refractivity contribution in [3.8, 4) is 0 Å². The minimum Gasteiger partial charge on any atom is -0.469 e. The summed E-state index contributed by atoms with van der Waals surface area (Å²) in [7, 11) is 1.41. The van der Waals surface area contributed by atoms with Crippen molar-refractivity contribution in [2.45, 2.75) is 12.8 Å². The second kappa shape index (κ2) is 4.54. The number of aryl methyl sites for hydroxylation is 1. The molecule has 1 aromatic carbocycles. The molecule has 0 unspecified atom stereocenters. The molecule has 0 spiro atoms. The van der Waals surface area contributed by atoms with Gasteiger partial charge in [0, 0.05) is 6.42 Å². The highest BCUT2D eigenvalue weighted by atomic mass is 16.6. The van der Waals surface area contributed by atoms with E-state index in [1.54, 1.807) is 0 Å². The maximum Gasteiger partial charge on any atom is 0.305 e. The summed E-state index contributed by atoms with van der Waals surface area (Å²) in [4.78, 5) is 10.8. The van der Waals surface area contributed by atoms with Crippen LogP contribution in [0.5, 0.6) is 0 Å². The number of benzene rings is 1. The zero-order chi connectivity index (χ0) is 8.81. The first-order valence-electron chi connectivity index (χ1n) is 3.93. The van der Waals surface area contributed by atoms with E-state index in [4.69, 9.17) is 0 Å². The predicted molar refractivity (Wildman–Crippen MR) is 46.8 cm³/mol. The Labute approximate surface area is 72.2 Å². The molecule has 0 amide bonds. The third-order valence-electron chi connectivity index (χ3n) is 1.69. The summed E-state index contributed by atoms with van der Waals surface area (Å²) in [5.74, 6) is -0.154. The largest absolute Gasteiger partial charge is 0.469 e. The van der Waals surface area contributed by atoms with E-state index in [9.17, 15) is 4.79 Å². The van der Waals surface area contributed by atoms with Gasteiger partial charge in [-0.05, 0) is 12.0 Å². The van der Waals surface area contributed by atoms with Gasteiger partial charge in [0.15, 0.2) is 0 Å². The van der Waals surface area contributed by atoms with Gasteiger partial charge in [0.1, 0.15) is 0 Å². The molecule has 0 aromatic heterocycles. The lowest BCUT2D eigenvalue weighted by Gasteiger charge is -1.98. The summed E-state index contributed by atoms with van der Waals surface area (Å²) < 4.78 is 4.53. The van der Waals surface area contributed by atoms with Crippen LogP contribution < -0.4 is 0 Å². The molecule has 1 rings (SSSR count). The van der Waals surface area contributed by atoms with Crippen molar-refractivity contribution in [1.82, 2.24) is 0 Å². The summed E-state index contributed by atoms with van der Waals surface area (Å²) >= 11 is 0. The van der Waals surface area contributed by atoms with Crippen LogP contribution in [0.25, 0.3) is 0 Å². The predicted octanol–water partition coefficient (Wildman–Crippen LogP) is 1.79.